The number of benzene rings is 1. The van der Waals surface area contributed by atoms with Crippen molar-refractivity contribution >= 4 is 28.9 Å². The zero-order chi connectivity index (χ0) is 24.4. The van der Waals surface area contributed by atoms with Gasteiger partial charge in [0.15, 0.2) is 5.65 Å². The first-order valence-electron chi connectivity index (χ1n) is 12.3. The van der Waals surface area contributed by atoms with E-state index in [1.165, 1.54) is 0 Å². The first-order valence-corrected chi connectivity index (χ1v) is 12.3. The molecule has 182 valence electrons. The van der Waals surface area contributed by atoms with E-state index in [4.69, 9.17) is 4.98 Å². The summed E-state index contributed by atoms with van der Waals surface area (Å²) in [6, 6.07) is 14.2. The number of nitrogens with zero attached hydrogens (tertiary/aromatic N) is 7. The number of anilines is 3. The summed E-state index contributed by atoms with van der Waals surface area (Å²) in [5.41, 5.74) is 3.33. The number of hydrogen-bond acceptors (Lipinski definition) is 7. The van der Waals surface area contributed by atoms with Crippen LogP contribution in [0.3, 0.4) is 0 Å². The molecule has 0 unspecified atom stereocenters. The molecule has 9 heteroatoms. The average Bonchev–Trinajstić information content (AvgIpc) is 3.31. The molecular weight excluding hydrogens is 440 g/mol. The number of aromatic nitrogens is 3. The van der Waals surface area contributed by atoms with E-state index >= 15 is 0 Å². The number of fused-ring (bicyclic) bond motifs is 1. The van der Waals surface area contributed by atoms with Crippen LogP contribution in [0, 0.1) is 17.2 Å². The number of amides is 1. The highest BCUT2D eigenvalue weighted by Gasteiger charge is 2.25. The number of pyridine rings is 1. The Morgan fingerprint density at radius 2 is 1.80 bits per heavy atom. The van der Waals surface area contributed by atoms with Gasteiger partial charge in [-0.15, -0.1) is 5.10 Å². The van der Waals surface area contributed by atoms with Crippen molar-refractivity contribution in [3.05, 3.63) is 48.2 Å². The lowest BCUT2D eigenvalue weighted by molar-refractivity contribution is 0.0659. The minimum absolute atomic E-state index is 0.0572. The molecule has 1 amide bonds. The minimum atomic E-state index is 0.0572. The zero-order valence-electron chi connectivity index (χ0n) is 20.4. The molecule has 3 aromatic rings. The Bertz CT molecular complexity index is 1210. The third-order valence-corrected chi connectivity index (χ3v) is 7.30. The average molecular weight is 473 g/mol. The molecule has 35 heavy (non-hydrogen) atoms. The number of likely N-dealkylation sites (tertiary alicyclic amines) is 1. The molecule has 0 aliphatic carbocycles. The maximum Gasteiger partial charge on any atom is 0.253 e. The summed E-state index contributed by atoms with van der Waals surface area (Å²) in [4.78, 5) is 24.2. The Morgan fingerprint density at radius 3 is 2.49 bits per heavy atom. The molecule has 0 atom stereocenters. The highest BCUT2D eigenvalue weighted by Crippen LogP contribution is 2.27. The van der Waals surface area contributed by atoms with Gasteiger partial charge in [-0.1, -0.05) is 0 Å². The van der Waals surface area contributed by atoms with Crippen LogP contribution < -0.4 is 10.2 Å². The summed E-state index contributed by atoms with van der Waals surface area (Å²) in [5, 5.41) is 17.0. The SMILES string of the molecule is CN1CCC(N(C)C(=O)c2ccc(Nc3nc4c(N5CCC(C#N)CC5)cccn4n3)cc2)CC1. The van der Waals surface area contributed by atoms with E-state index in [9.17, 15) is 10.1 Å². The number of piperidine rings is 2. The second-order valence-corrected chi connectivity index (χ2v) is 9.64. The molecule has 1 N–H and O–H groups in total. The number of carbonyl (C=O) groups excluding carboxylic acids is 1. The summed E-state index contributed by atoms with van der Waals surface area (Å²) < 4.78 is 1.78. The highest BCUT2D eigenvalue weighted by molar-refractivity contribution is 5.94. The topological polar surface area (TPSA) is 92.8 Å². The lowest BCUT2D eigenvalue weighted by atomic mass is 9.98. The molecule has 2 fully saturated rings. The van der Waals surface area contributed by atoms with Gasteiger partial charge in [0, 0.05) is 49.5 Å². The van der Waals surface area contributed by atoms with Crippen molar-refractivity contribution in [1.82, 2.24) is 24.4 Å². The lowest BCUT2D eigenvalue weighted by Gasteiger charge is -2.35. The van der Waals surface area contributed by atoms with Crippen molar-refractivity contribution < 1.29 is 4.79 Å². The van der Waals surface area contributed by atoms with E-state index in [0.717, 1.165) is 68.9 Å². The van der Waals surface area contributed by atoms with Crippen LogP contribution in [-0.2, 0) is 0 Å². The van der Waals surface area contributed by atoms with Crippen molar-refractivity contribution in [2.75, 3.05) is 50.5 Å². The second-order valence-electron chi connectivity index (χ2n) is 9.64. The normalized spacial score (nSPS) is 17.9. The lowest BCUT2D eigenvalue weighted by Crippen LogP contribution is -2.44. The molecule has 4 heterocycles. The maximum atomic E-state index is 13.0. The Morgan fingerprint density at radius 1 is 1.09 bits per heavy atom. The summed E-state index contributed by atoms with van der Waals surface area (Å²) >= 11 is 0. The predicted molar refractivity (Wildman–Crippen MR) is 136 cm³/mol. The van der Waals surface area contributed by atoms with Crippen molar-refractivity contribution in [1.29, 1.82) is 5.26 Å². The van der Waals surface area contributed by atoms with Gasteiger partial charge in [-0.3, -0.25) is 4.79 Å². The zero-order valence-corrected chi connectivity index (χ0v) is 20.4. The van der Waals surface area contributed by atoms with Crippen LogP contribution >= 0.6 is 0 Å². The Hall–Kier alpha value is -3.64. The van der Waals surface area contributed by atoms with E-state index in [1.807, 2.05) is 48.5 Å². The fourth-order valence-corrected chi connectivity index (χ4v) is 5.02. The molecule has 9 nitrogen and oxygen atoms in total. The summed E-state index contributed by atoms with van der Waals surface area (Å²) in [6.07, 6.45) is 5.65. The molecule has 2 aliphatic rings. The third-order valence-electron chi connectivity index (χ3n) is 7.30. The van der Waals surface area contributed by atoms with Gasteiger partial charge in [0.05, 0.1) is 11.8 Å². The predicted octanol–water partition coefficient (Wildman–Crippen LogP) is 3.38. The molecule has 2 aliphatic heterocycles. The van der Waals surface area contributed by atoms with Crippen LogP contribution in [0.25, 0.3) is 5.65 Å². The van der Waals surface area contributed by atoms with Crippen LogP contribution in [0.15, 0.2) is 42.6 Å². The molecule has 0 spiro atoms. The van der Waals surface area contributed by atoms with Crippen LogP contribution in [0.4, 0.5) is 17.3 Å². The van der Waals surface area contributed by atoms with Gasteiger partial charge >= 0.3 is 0 Å². The number of nitriles is 1. The molecular formula is C26H32N8O. The van der Waals surface area contributed by atoms with E-state index in [1.54, 1.807) is 4.52 Å². The first kappa shape index (κ1) is 23.1. The van der Waals surface area contributed by atoms with E-state index < -0.39 is 0 Å². The van der Waals surface area contributed by atoms with Gasteiger partial charge in [0.2, 0.25) is 5.95 Å². The van der Waals surface area contributed by atoms with E-state index in [-0.39, 0.29) is 11.8 Å². The van der Waals surface area contributed by atoms with Crippen LogP contribution in [-0.4, -0.2) is 76.6 Å². The van der Waals surface area contributed by atoms with Crippen LogP contribution in [0.2, 0.25) is 0 Å². The quantitative estimate of drug-likeness (QED) is 0.608. The van der Waals surface area contributed by atoms with Gasteiger partial charge in [0.1, 0.15) is 0 Å². The molecule has 1 aromatic carbocycles. The molecule has 0 radical (unpaired) electrons. The Labute approximate surface area is 205 Å². The molecule has 0 bridgehead atoms. The van der Waals surface area contributed by atoms with E-state index in [0.29, 0.717) is 17.6 Å². The number of hydrogen-bond donors (Lipinski definition) is 1. The van der Waals surface area contributed by atoms with Crippen molar-refractivity contribution in [3.63, 3.8) is 0 Å². The highest BCUT2D eigenvalue weighted by atomic mass is 16.2. The summed E-state index contributed by atoms with van der Waals surface area (Å²) in [6.45, 7) is 3.73. The molecule has 2 aromatic heterocycles. The van der Waals surface area contributed by atoms with E-state index in [2.05, 4.69) is 39.4 Å². The van der Waals surface area contributed by atoms with Gasteiger partial charge < -0.3 is 20.0 Å². The molecule has 2 saturated heterocycles. The minimum Gasteiger partial charge on any atom is -0.368 e. The largest absolute Gasteiger partial charge is 0.368 e. The van der Waals surface area contributed by atoms with Crippen molar-refractivity contribution in [3.8, 4) is 6.07 Å². The molecule has 0 saturated carbocycles. The number of nitrogens with one attached hydrogen (secondary N) is 1. The Balaban J connectivity index is 1.26. The van der Waals surface area contributed by atoms with Gasteiger partial charge in [-0.2, -0.15) is 10.2 Å². The fraction of sp³-hybridized carbons (Fsp3) is 0.462. The molecule has 5 rings (SSSR count). The summed E-state index contributed by atoms with van der Waals surface area (Å²) in [5.74, 6) is 0.703. The van der Waals surface area contributed by atoms with Gasteiger partial charge in [-0.05, 0) is 82.2 Å². The second kappa shape index (κ2) is 9.92. The fourth-order valence-electron chi connectivity index (χ4n) is 5.02. The monoisotopic (exact) mass is 472 g/mol. The van der Waals surface area contributed by atoms with Gasteiger partial charge in [0.25, 0.3) is 5.91 Å². The standard InChI is InChI=1S/C26H32N8O/c1-31-14-11-22(12-15-31)32(2)25(35)20-5-7-21(8-6-20)28-26-29-24-23(4-3-13-34(24)30-26)33-16-9-19(18-27)10-17-33/h3-8,13,19,22H,9-12,14-17H2,1-2H3,(H,28,30). The number of carbonyl (C=O) groups is 1. The van der Waals surface area contributed by atoms with Crippen molar-refractivity contribution in [2.45, 2.75) is 31.7 Å². The third kappa shape index (κ3) is 4.93. The Kier molecular flexibility index (Phi) is 6.55. The number of rotatable bonds is 5. The smallest absolute Gasteiger partial charge is 0.253 e. The first-order chi connectivity index (χ1) is 17.0. The van der Waals surface area contributed by atoms with Crippen molar-refractivity contribution in [2.24, 2.45) is 5.92 Å². The summed E-state index contributed by atoms with van der Waals surface area (Å²) in [7, 11) is 4.03. The van der Waals surface area contributed by atoms with Crippen LogP contribution in [0.1, 0.15) is 36.0 Å². The van der Waals surface area contributed by atoms with Gasteiger partial charge in [-0.25, -0.2) is 4.52 Å². The maximum absolute atomic E-state index is 13.0. The van der Waals surface area contributed by atoms with Crippen LogP contribution in [0.5, 0.6) is 0 Å².